The van der Waals surface area contributed by atoms with E-state index in [1.807, 2.05) is 38.1 Å². The van der Waals surface area contributed by atoms with Gasteiger partial charge in [0.25, 0.3) is 0 Å². The van der Waals surface area contributed by atoms with Crippen LogP contribution in [0.5, 0.6) is 0 Å². The molecule has 0 N–H and O–H groups in total. The molecule has 0 spiro atoms. The molecule has 0 aliphatic rings. The molecule has 0 saturated carbocycles. The molecule has 0 radical (unpaired) electrons. The fourth-order valence-electron chi connectivity index (χ4n) is 1.67. The maximum Gasteiger partial charge on any atom is 0.227 e. The van der Waals surface area contributed by atoms with E-state index < -0.39 is 0 Å². The number of benzene rings is 1. The van der Waals surface area contributed by atoms with Gasteiger partial charge in [-0.1, -0.05) is 28.1 Å². The molecule has 0 bridgehead atoms. The van der Waals surface area contributed by atoms with Gasteiger partial charge in [-0.2, -0.15) is 5.26 Å². The van der Waals surface area contributed by atoms with E-state index in [4.69, 9.17) is 5.26 Å². The molecule has 0 aromatic heterocycles. The lowest BCUT2D eigenvalue weighted by molar-refractivity contribution is -0.130. The molecule has 1 atom stereocenters. The van der Waals surface area contributed by atoms with Crippen molar-refractivity contribution in [3.8, 4) is 6.07 Å². The Morgan fingerprint density at radius 1 is 1.44 bits per heavy atom. The van der Waals surface area contributed by atoms with Crippen molar-refractivity contribution in [3.05, 3.63) is 34.3 Å². The SMILES string of the molecule is CCN(C[C@H](C)C#N)C(=O)Cc1ccc(Br)cc1. The van der Waals surface area contributed by atoms with Gasteiger partial charge in [-0.15, -0.1) is 0 Å². The maximum absolute atomic E-state index is 12.1. The molecule has 1 aromatic carbocycles. The van der Waals surface area contributed by atoms with Crippen molar-refractivity contribution in [2.24, 2.45) is 5.92 Å². The third-order valence-corrected chi connectivity index (χ3v) is 3.25. The van der Waals surface area contributed by atoms with Crippen LogP contribution >= 0.6 is 15.9 Å². The van der Waals surface area contributed by atoms with Crippen LogP contribution in [0.1, 0.15) is 19.4 Å². The third kappa shape index (κ3) is 4.50. The molecule has 4 heteroatoms. The number of carbonyl (C=O) groups is 1. The molecule has 0 unspecified atom stereocenters. The highest BCUT2D eigenvalue weighted by atomic mass is 79.9. The van der Waals surface area contributed by atoms with Gasteiger partial charge in [0, 0.05) is 17.6 Å². The second-order valence-electron chi connectivity index (χ2n) is 4.27. The van der Waals surface area contributed by atoms with Gasteiger partial charge < -0.3 is 4.90 Å². The summed E-state index contributed by atoms with van der Waals surface area (Å²) in [4.78, 5) is 13.8. The number of rotatable bonds is 5. The monoisotopic (exact) mass is 308 g/mol. The van der Waals surface area contributed by atoms with Crippen LogP contribution < -0.4 is 0 Å². The third-order valence-electron chi connectivity index (χ3n) is 2.72. The summed E-state index contributed by atoms with van der Waals surface area (Å²) in [5.41, 5.74) is 0.992. The van der Waals surface area contributed by atoms with Gasteiger partial charge in [0.05, 0.1) is 18.4 Å². The summed E-state index contributed by atoms with van der Waals surface area (Å²) in [5, 5.41) is 8.79. The van der Waals surface area contributed by atoms with Crippen molar-refractivity contribution in [2.45, 2.75) is 20.3 Å². The number of nitrogens with zero attached hydrogens (tertiary/aromatic N) is 2. The van der Waals surface area contributed by atoms with E-state index >= 15 is 0 Å². The standard InChI is InChI=1S/C14H17BrN2O/c1-3-17(10-11(2)9-16)14(18)8-12-4-6-13(15)7-5-12/h4-7,11H,3,8,10H2,1-2H3/t11-/m1/s1. The molecular weight excluding hydrogens is 292 g/mol. The van der Waals surface area contributed by atoms with E-state index in [9.17, 15) is 4.79 Å². The minimum Gasteiger partial charge on any atom is -0.341 e. The Morgan fingerprint density at radius 3 is 2.56 bits per heavy atom. The van der Waals surface area contributed by atoms with E-state index in [-0.39, 0.29) is 11.8 Å². The van der Waals surface area contributed by atoms with Crippen LogP contribution in [0.3, 0.4) is 0 Å². The molecule has 1 amide bonds. The van der Waals surface area contributed by atoms with Gasteiger partial charge in [0.1, 0.15) is 0 Å². The molecule has 96 valence electrons. The first-order valence-corrected chi connectivity index (χ1v) is 6.78. The Balaban J connectivity index is 2.62. The number of nitriles is 1. The highest BCUT2D eigenvalue weighted by molar-refractivity contribution is 9.10. The van der Waals surface area contributed by atoms with Crippen LogP contribution in [-0.2, 0) is 11.2 Å². The van der Waals surface area contributed by atoms with Crippen molar-refractivity contribution < 1.29 is 4.79 Å². The van der Waals surface area contributed by atoms with Crippen molar-refractivity contribution in [2.75, 3.05) is 13.1 Å². The number of carbonyl (C=O) groups excluding carboxylic acids is 1. The van der Waals surface area contributed by atoms with Gasteiger partial charge in [0.2, 0.25) is 5.91 Å². The maximum atomic E-state index is 12.1. The molecule has 0 fully saturated rings. The van der Waals surface area contributed by atoms with Crippen LogP contribution in [0.4, 0.5) is 0 Å². The molecule has 3 nitrogen and oxygen atoms in total. The first kappa shape index (κ1) is 14.7. The molecule has 0 aliphatic carbocycles. The van der Waals surface area contributed by atoms with Crippen LogP contribution in [0.2, 0.25) is 0 Å². The number of hydrogen-bond donors (Lipinski definition) is 0. The van der Waals surface area contributed by atoms with E-state index in [0.29, 0.717) is 19.5 Å². The van der Waals surface area contributed by atoms with Crippen molar-refractivity contribution in [1.82, 2.24) is 4.90 Å². The first-order valence-electron chi connectivity index (χ1n) is 5.98. The summed E-state index contributed by atoms with van der Waals surface area (Å²) in [5.74, 6) is -0.0549. The fourth-order valence-corrected chi connectivity index (χ4v) is 1.93. The second kappa shape index (κ2) is 7.17. The average Bonchev–Trinajstić information content (AvgIpc) is 2.38. The highest BCUT2D eigenvalue weighted by Crippen LogP contribution is 2.12. The molecule has 0 aliphatic heterocycles. The summed E-state index contributed by atoms with van der Waals surface area (Å²) in [6.45, 7) is 4.91. The first-order chi connectivity index (χ1) is 8.56. The number of likely N-dealkylation sites (N-methyl/N-ethyl adjacent to an activating group) is 1. The number of amides is 1. The lowest BCUT2D eigenvalue weighted by Gasteiger charge is -2.22. The predicted octanol–water partition coefficient (Wildman–Crippen LogP) is 3.00. The Hall–Kier alpha value is -1.34. The van der Waals surface area contributed by atoms with Crippen molar-refractivity contribution in [3.63, 3.8) is 0 Å². The predicted molar refractivity (Wildman–Crippen MR) is 74.9 cm³/mol. The Labute approximate surface area is 117 Å². The fraction of sp³-hybridized carbons (Fsp3) is 0.429. The van der Waals surface area contributed by atoms with E-state index in [2.05, 4.69) is 22.0 Å². The van der Waals surface area contributed by atoms with E-state index in [1.54, 1.807) is 4.90 Å². The Kier molecular flexibility index (Phi) is 5.87. The van der Waals surface area contributed by atoms with Crippen LogP contribution in [0.25, 0.3) is 0 Å². The lowest BCUT2D eigenvalue weighted by atomic mass is 10.1. The van der Waals surface area contributed by atoms with E-state index in [0.717, 1.165) is 10.0 Å². The highest BCUT2D eigenvalue weighted by Gasteiger charge is 2.14. The zero-order valence-electron chi connectivity index (χ0n) is 10.7. The van der Waals surface area contributed by atoms with E-state index in [1.165, 1.54) is 0 Å². The minimum absolute atomic E-state index is 0.0712. The van der Waals surface area contributed by atoms with Crippen LogP contribution in [0, 0.1) is 17.2 Å². The summed E-state index contributed by atoms with van der Waals surface area (Å²) < 4.78 is 1.00. The lowest BCUT2D eigenvalue weighted by Crippen LogP contribution is -2.35. The van der Waals surface area contributed by atoms with Gasteiger partial charge in [-0.25, -0.2) is 0 Å². The molecule has 1 rings (SSSR count). The Bertz CT molecular complexity index is 436. The number of halogens is 1. The smallest absolute Gasteiger partial charge is 0.227 e. The van der Waals surface area contributed by atoms with Crippen molar-refractivity contribution >= 4 is 21.8 Å². The summed E-state index contributed by atoms with van der Waals surface area (Å²) in [6.07, 6.45) is 0.388. The normalized spacial score (nSPS) is 11.7. The topological polar surface area (TPSA) is 44.1 Å². The Morgan fingerprint density at radius 2 is 2.06 bits per heavy atom. The second-order valence-corrected chi connectivity index (χ2v) is 5.18. The molecule has 18 heavy (non-hydrogen) atoms. The largest absolute Gasteiger partial charge is 0.341 e. The zero-order chi connectivity index (χ0) is 13.5. The zero-order valence-corrected chi connectivity index (χ0v) is 12.3. The van der Waals surface area contributed by atoms with Gasteiger partial charge >= 0.3 is 0 Å². The van der Waals surface area contributed by atoms with Crippen LogP contribution in [0.15, 0.2) is 28.7 Å². The summed E-state index contributed by atoms with van der Waals surface area (Å²) in [7, 11) is 0. The quantitative estimate of drug-likeness (QED) is 0.839. The molecule has 0 saturated heterocycles. The minimum atomic E-state index is -0.126. The molecule has 1 aromatic rings. The van der Waals surface area contributed by atoms with Gasteiger partial charge in [-0.05, 0) is 31.5 Å². The summed E-state index contributed by atoms with van der Waals surface area (Å²) >= 11 is 3.36. The van der Waals surface area contributed by atoms with Crippen molar-refractivity contribution in [1.29, 1.82) is 5.26 Å². The van der Waals surface area contributed by atoms with Gasteiger partial charge in [-0.3, -0.25) is 4.79 Å². The van der Waals surface area contributed by atoms with Gasteiger partial charge in [0.15, 0.2) is 0 Å². The summed E-state index contributed by atoms with van der Waals surface area (Å²) in [6, 6.07) is 9.88. The number of hydrogen-bond acceptors (Lipinski definition) is 2. The molecular formula is C14H17BrN2O. The van der Waals surface area contributed by atoms with Crippen LogP contribution in [-0.4, -0.2) is 23.9 Å². The average molecular weight is 309 g/mol. The molecule has 0 heterocycles.